The van der Waals surface area contributed by atoms with E-state index in [0.717, 1.165) is 5.69 Å². The Morgan fingerprint density at radius 1 is 1.83 bits per heavy atom. The number of rotatable bonds is 2. The smallest absolute Gasteiger partial charge is 0.218 e. The quantitative estimate of drug-likeness (QED) is 0.749. The molecule has 0 saturated heterocycles. The molecule has 1 heterocycles. The van der Waals surface area contributed by atoms with Gasteiger partial charge in [0.05, 0.1) is 10.7 Å². The summed E-state index contributed by atoms with van der Waals surface area (Å²) >= 11 is 5.75. The molecule has 0 fully saturated rings. The van der Waals surface area contributed by atoms with Crippen molar-refractivity contribution in [3.05, 3.63) is 16.9 Å². The number of nitrogens with zero attached hydrogens (tertiary/aromatic N) is 2. The Morgan fingerprint density at radius 2 is 2.50 bits per heavy atom. The summed E-state index contributed by atoms with van der Waals surface area (Å²) in [6, 6.07) is 0. The van der Waals surface area contributed by atoms with Crippen LogP contribution in [-0.2, 0) is 11.5 Å². The molecule has 0 aromatic carbocycles. The van der Waals surface area contributed by atoms with Crippen molar-refractivity contribution in [1.82, 2.24) is 15.1 Å². The minimum atomic E-state index is -0.0840. The van der Waals surface area contributed by atoms with E-state index in [1.807, 2.05) is 6.92 Å². The van der Waals surface area contributed by atoms with Crippen LogP contribution in [0.15, 0.2) is 6.20 Å². The molecule has 0 aliphatic carbocycles. The van der Waals surface area contributed by atoms with Crippen LogP contribution in [0, 0.1) is 6.92 Å². The highest BCUT2D eigenvalue weighted by Gasteiger charge is 2.00. The topological polar surface area (TPSA) is 46.9 Å². The van der Waals surface area contributed by atoms with E-state index in [2.05, 4.69) is 10.4 Å². The van der Waals surface area contributed by atoms with Crippen LogP contribution in [-0.4, -0.2) is 15.7 Å². The van der Waals surface area contributed by atoms with Crippen LogP contribution in [0.2, 0.25) is 5.02 Å². The average molecular weight is 188 g/mol. The van der Waals surface area contributed by atoms with Gasteiger partial charge in [0.25, 0.3) is 0 Å². The summed E-state index contributed by atoms with van der Waals surface area (Å²) in [7, 11) is 0. The third-order valence-corrected chi connectivity index (χ3v) is 1.75. The molecule has 0 bridgehead atoms. The zero-order valence-corrected chi connectivity index (χ0v) is 7.72. The summed E-state index contributed by atoms with van der Waals surface area (Å²) in [5.41, 5.74) is 0.766. The largest absolute Gasteiger partial charge is 0.337 e. The van der Waals surface area contributed by atoms with Crippen LogP contribution in [0.3, 0.4) is 0 Å². The van der Waals surface area contributed by atoms with E-state index in [-0.39, 0.29) is 5.91 Å². The molecule has 1 amide bonds. The zero-order valence-electron chi connectivity index (χ0n) is 6.97. The zero-order chi connectivity index (χ0) is 9.14. The SMILES string of the molecule is CC(=O)NCn1cc(Cl)c(C)n1. The van der Waals surface area contributed by atoms with E-state index in [1.54, 1.807) is 10.9 Å². The maximum Gasteiger partial charge on any atom is 0.218 e. The normalized spacial score (nSPS) is 9.92. The molecule has 0 spiro atoms. The summed E-state index contributed by atoms with van der Waals surface area (Å²) in [5.74, 6) is -0.0840. The Bertz CT molecular complexity index is 275. The molecule has 4 nitrogen and oxygen atoms in total. The molecule has 0 unspecified atom stereocenters. The third-order valence-electron chi connectivity index (χ3n) is 1.38. The molecule has 1 aromatic heterocycles. The second-order valence-corrected chi connectivity index (χ2v) is 2.90. The van der Waals surface area contributed by atoms with Crippen molar-refractivity contribution in [2.24, 2.45) is 0 Å². The average Bonchev–Trinajstić information content (AvgIpc) is 2.28. The maximum atomic E-state index is 10.5. The van der Waals surface area contributed by atoms with Crippen LogP contribution >= 0.6 is 11.6 Å². The Labute approximate surface area is 75.5 Å². The summed E-state index contributed by atoms with van der Waals surface area (Å²) in [6.07, 6.45) is 1.67. The summed E-state index contributed by atoms with van der Waals surface area (Å²) < 4.78 is 1.58. The van der Waals surface area contributed by atoms with Crippen molar-refractivity contribution in [3.63, 3.8) is 0 Å². The molecule has 5 heteroatoms. The highest BCUT2D eigenvalue weighted by Crippen LogP contribution is 2.10. The molecule has 66 valence electrons. The lowest BCUT2D eigenvalue weighted by atomic mass is 10.5. The Balaban J connectivity index is 2.58. The number of aryl methyl sites for hydroxylation is 1. The van der Waals surface area contributed by atoms with Gasteiger partial charge in [0.1, 0.15) is 6.67 Å². The number of nitrogens with one attached hydrogen (secondary N) is 1. The van der Waals surface area contributed by atoms with E-state index >= 15 is 0 Å². The molecule has 0 aliphatic rings. The first-order chi connectivity index (χ1) is 5.59. The molecular formula is C7H10ClN3O. The first-order valence-electron chi connectivity index (χ1n) is 3.53. The van der Waals surface area contributed by atoms with Gasteiger partial charge in [-0.2, -0.15) is 5.10 Å². The van der Waals surface area contributed by atoms with Crippen molar-refractivity contribution < 1.29 is 4.79 Å². The number of hydrogen-bond acceptors (Lipinski definition) is 2. The van der Waals surface area contributed by atoms with Gasteiger partial charge in [-0.1, -0.05) is 11.6 Å². The first-order valence-corrected chi connectivity index (χ1v) is 3.91. The van der Waals surface area contributed by atoms with Crippen LogP contribution in [0.1, 0.15) is 12.6 Å². The van der Waals surface area contributed by atoms with Crippen molar-refractivity contribution in [1.29, 1.82) is 0 Å². The first kappa shape index (κ1) is 9.06. The van der Waals surface area contributed by atoms with Gasteiger partial charge in [0, 0.05) is 13.1 Å². The van der Waals surface area contributed by atoms with Gasteiger partial charge < -0.3 is 5.32 Å². The van der Waals surface area contributed by atoms with Crippen LogP contribution in [0.5, 0.6) is 0 Å². The predicted molar refractivity (Wildman–Crippen MR) is 45.8 cm³/mol. The van der Waals surface area contributed by atoms with Crippen molar-refractivity contribution in [3.8, 4) is 0 Å². The lowest BCUT2D eigenvalue weighted by Crippen LogP contribution is -2.23. The fourth-order valence-electron chi connectivity index (χ4n) is 0.767. The van der Waals surface area contributed by atoms with Gasteiger partial charge in [-0.3, -0.25) is 9.48 Å². The molecule has 1 aromatic rings. The Kier molecular flexibility index (Phi) is 2.70. The number of carbonyl (C=O) groups excluding carboxylic acids is 1. The number of aromatic nitrogens is 2. The van der Waals surface area contributed by atoms with Gasteiger partial charge >= 0.3 is 0 Å². The number of carbonyl (C=O) groups is 1. The third kappa shape index (κ3) is 2.23. The van der Waals surface area contributed by atoms with E-state index < -0.39 is 0 Å². The van der Waals surface area contributed by atoms with E-state index in [0.29, 0.717) is 11.7 Å². The lowest BCUT2D eigenvalue weighted by Gasteiger charge is -2.00. The van der Waals surface area contributed by atoms with E-state index in [1.165, 1.54) is 6.92 Å². The van der Waals surface area contributed by atoms with E-state index in [9.17, 15) is 4.79 Å². The second-order valence-electron chi connectivity index (χ2n) is 2.49. The molecule has 0 radical (unpaired) electrons. The molecule has 0 saturated carbocycles. The van der Waals surface area contributed by atoms with Crippen molar-refractivity contribution in [2.45, 2.75) is 20.5 Å². The number of hydrogen-bond donors (Lipinski definition) is 1. The van der Waals surface area contributed by atoms with E-state index in [4.69, 9.17) is 11.6 Å². The maximum absolute atomic E-state index is 10.5. The van der Waals surface area contributed by atoms with Crippen LogP contribution in [0.4, 0.5) is 0 Å². The summed E-state index contributed by atoms with van der Waals surface area (Å²) in [5, 5.41) is 7.27. The number of amides is 1. The molecule has 1 N–H and O–H groups in total. The van der Waals surface area contributed by atoms with Crippen LogP contribution in [0.25, 0.3) is 0 Å². The van der Waals surface area contributed by atoms with Crippen molar-refractivity contribution >= 4 is 17.5 Å². The summed E-state index contributed by atoms with van der Waals surface area (Å²) in [6.45, 7) is 3.63. The molecule has 0 aliphatic heterocycles. The van der Waals surface area contributed by atoms with Gasteiger partial charge in [-0.15, -0.1) is 0 Å². The Hall–Kier alpha value is -1.03. The molecular weight excluding hydrogens is 178 g/mol. The predicted octanol–water partition coefficient (Wildman–Crippen LogP) is 0.939. The second kappa shape index (κ2) is 3.58. The van der Waals surface area contributed by atoms with Gasteiger partial charge in [-0.05, 0) is 6.92 Å². The van der Waals surface area contributed by atoms with Crippen LogP contribution < -0.4 is 5.32 Å². The molecule has 12 heavy (non-hydrogen) atoms. The minimum Gasteiger partial charge on any atom is -0.337 e. The minimum absolute atomic E-state index is 0.0840. The van der Waals surface area contributed by atoms with Gasteiger partial charge in [-0.25, -0.2) is 0 Å². The lowest BCUT2D eigenvalue weighted by molar-refractivity contribution is -0.119. The number of halogens is 1. The highest BCUT2D eigenvalue weighted by atomic mass is 35.5. The summed E-state index contributed by atoms with van der Waals surface area (Å²) in [4.78, 5) is 10.5. The fraction of sp³-hybridized carbons (Fsp3) is 0.429. The standard InChI is InChI=1S/C7H10ClN3O/c1-5-7(8)3-11(10-5)4-9-6(2)12/h3H,4H2,1-2H3,(H,9,12). The molecule has 1 rings (SSSR count). The van der Waals surface area contributed by atoms with Gasteiger partial charge in [0.2, 0.25) is 5.91 Å². The van der Waals surface area contributed by atoms with Crippen molar-refractivity contribution in [2.75, 3.05) is 0 Å². The van der Waals surface area contributed by atoms with Gasteiger partial charge in [0.15, 0.2) is 0 Å². The highest BCUT2D eigenvalue weighted by molar-refractivity contribution is 6.31. The Morgan fingerprint density at radius 3 is 2.92 bits per heavy atom. The molecule has 0 atom stereocenters. The fourth-order valence-corrected chi connectivity index (χ4v) is 0.917. The monoisotopic (exact) mass is 187 g/mol.